The molecule has 3 aliphatic rings. The molecule has 0 saturated carbocycles. The number of hydrogen-bond acceptors (Lipinski definition) is 19. The summed E-state index contributed by atoms with van der Waals surface area (Å²) in [5.41, 5.74) is 22.4. The zero-order valence-corrected chi connectivity index (χ0v) is 66.3. The van der Waals surface area contributed by atoms with Gasteiger partial charge in [0.2, 0.25) is 5.78 Å². The molecule has 2 saturated heterocycles. The molecule has 0 unspecified atom stereocenters. The quantitative estimate of drug-likeness (QED) is 0.0331. The molecule has 5 atom stereocenters. The number of Topliss-reactive ketones (excluding diaryl/α,β-unsaturated/α-hetero) is 1. The van der Waals surface area contributed by atoms with Crippen molar-refractivity contribution >= 4 is 120 Å². The zero-order valence-electron chi connectivity index (χ0n) is 62.9. The molecule has 3 aromatic carbocycles. The second-order valence-corrected chi connectivity index (χ2v) is 30.7. The van der Waals surface area contributed by atoms with Gasteiger partial charge in [0.15, 0.2) is 0 Å². The second-order valence-electron chi connectivity index (χ2n) is 27.4. The largest absolute Gasteiger partial charge is 1.00 e. The Morgan fingerprint density at radius 2 is 1.14 bits per heavy atom. The van der Waals surface area contributed by atoms with E-state index in [1.54, 1.807) is 28.4 Å². The number of ketones is 1. The predicted octanol–water partition coefficient (Wildman–Crippen LogP) is 11.5. The number of nitrogens with two attached hydrogens (primary N) is 2. The number of carboxylic acids is 1. The number of nitrogens with one attached hydrogen (secondary N) is 2. The number of nitrogens with zero attached hydrogens (tertiary/aromatic N) is 10. The topological polar surface area (TPSA) is 254 Å². The maximum Gasteiger partial charge on any atom is 1.00 e. The summed E-state index contributed by atoms with van der Waals surface area (Å²) >= 11 is 5.38. The number of fused-ring (bicyclic) bond motifs is 3. The molecule has 3 aliphatic heterocycles. The number of aliphatic carboxylic acids is 1. The van der Waals surface area contributed by atoms with Crippen molar-refractivity contribution in [1.82, 2.24) is 49.8 Å². The number of carbonyl (C=O) groups excluding carboxylic acids is 3. The van der Waals surface area contributed by atoms with Crippen LogP contribution >= 0.6 is 34.0 Å². The van der Waals surface area contributed by atoms with Gasteiger partial charge < -0.3 is 33.5 Å². The number of amides is 2. The van der Waals surface area contributed by atoms with Gasteiger partial charge in [-0.2, -0.15) is 0 Å². The molecule has 8 heterocycles. The van der Waals surface area contributed by atoms with Crippen LogP contribution in [0.1, 0.15) is 197 Å². The van der Waals surface area contributed by atoms with Crippen molar-refractivity contribution in [2.45, 2.75) is 205 Å². The van der Waals surface area contributed by atoms with Crippen LogP contribution in [0.3, 0.4) is 0 Å². The Labute approximate surface area is 631 Å². The van der Waals surface area contributed by atoms with Crippen molar-refractivity contribution in [3.05, 3.63) is 128 Å². The molecule has 7 N–H and O–H groups in total. The number of likely N-dealkylation sites (tertiary alicyclic amines) is 1. The van der Waals surface area contributed by atoms with Gasteiger partial charge in [-0.3, -0.25) is 34.1 Å². The first-order valence-electron chi connectivity index (χ1n) is 35.4. The van der Waals surface area contributed by atoms with Gasteiger partial charge in [0.1, 0.15) is 26.7 Å². The SMILES string of the molecule is CCN(Cc1nc2cc(C3=NC[C@@H](C)CC3)ccc2s1)C(C)C.CCN(Cc1nc2cc([C@H]3CC[C@H](C)CN3)ccc2s1)C(C)C.CCc1cc(CC(=O)C(=O)O)cnc1N.CCc1cc(NC(=O)C(=O)N2C[C@@H](C)CC[C@@H]2c2ccc3sc(CN(CC)C(C)C)nc3c2)cnc1N.[B].[H-].[Na+]. The van der Waals surface area contributed by atoms with Crippen molar-refractivity contribution in [3.8, 4) is 0 Å². The smallest absolute Gasteiger partial charge is 1.00 e. The van der Waals surface area contributed by atoms with Crippen molar-refractivity contribution in [1.29, 1.82) is 0 Å². The Balaban J connectivity index is 0.000000252. The van der Waals surface area contributed by atoms with E-state index in [-0.39, 0.29) is 51.9 Å². The molecule has 11 rings (SSSR count). The number of anilines is 3. The van der Waals surface area contributed by atoms with Gasteiger partial charge in [0, 0.05) is 64.0 Å². The van der Waals surface area contributed by atoms with E-state index in [1.807, 2.05) is 36.5 Å². The number of rotatable bonds is 21. The summed E-state index contributed by atoms with van der Waals surface area (Å²) in [7, 11) is 0. The fourth-order valence-electron chi connectivity index (χ4n) is 12.7. The number of nitrogen functional groups attached to an aromatic ring is 2. The molecule has 19 nitrogen and oxygen atoms in total. The Kier molecular flexibility index (Phi) is 32.7. The summed E-state index contributed by atoms with van der Waals surface area (Å²) in [5, 5.41) is 18.4. The maximum atomic E-state index is 13.4. The number of thiazole rings is 3. The van der Waals surface area contributed by atoms with E-state index < -0.39 is 23.6 Å². The standard InChI is InChI=1S/C28H38N6O2S.C19H29N3S.C19H27N3S.C10H12N2O3.B.Na.H/c1-6-19-12-21(14-30-26(19)29)31-27(35)28(36)34-15-18(5)8-10-23(34)20-9-11-24-22(13-20)32-25(37-24)16-33(7-2)17(3)4;2*1-5-22(13(2)3)12-19-21-17-10-15(7-9-18(17)23-19)16-8-6-14(4)11-20-16;1-2-7-3-6(5-12-9(7)11)4-8(13)10(14)15;;;/h9,11-14,17-18,23H,6-8,10,15-16H2,1-5H3,(H2,29,30)(H,31,35);7,9-10,13-14,16,20H,5-6,8,11-12H2,1-4H3;7,9-10,13-14H,5-6,8,11-12H2,1-4H3;3,5H,2,4H2,1H3,(H2,11,12)(H,14,15);;;/q;;;;;+1;-1/t18-,23+;14-,16+;14-;;;;/m000..../s1. The summed E-state index contributed by atoms with van der Waals surface area (Å²) in [5.74, 6) is -0.745. The Bertz CT molecular complexity index is 4030. The van der Waals surface area contributed by atoms with Crippen LogP contribution in [-0.4, -0.2) is 145 Å². The van der Waals surface area contributed by atoms with E-state index in [0.29, 0.717) is 72.4 Å². The van der Waals surface area contributed by atoms with Gasteiger partial charge in [-0.25, -0.2) is 29.7 Å². The minimum atomic E-state index is -1.43. The van der Waals surface area contributed by atoms with Crippen molar-refractivity contribution in [3.63, 3.8) is 0 Å². The Morgan fingerprint density at radius 3 is 1.63 bits per heavy atom. The van der Waals surface area contributed by atoms with Gasteiger partial charge in [0.05, 0.1) is 68.2 Å². The average molecular weight is 1430 g/mol. The number of piperidine rings is 2. The number of hydrogen-bond donors (Lipinski definition) is 5. The van der Waals surface area contributed by atoms with E-state index in [4.69, 9.17) is 36.5 Å². The first kappa shape index (κ1) is 82.8. The van der Waals surface area contributed by atoms with Crippen LogP contribution in [0.2, 0.25) is 0 Å². The van der Waals surface area contributed by atoms with E-state index in [2.05, 4.69) is 173 Å². The summed E-state index contributed by atoms with van der Waals surface area (Å²) in [6, 6.07) is 25.2. The fourth-order valence-corrected chi connectivity index (χ4v) is 15.6. The molecule has 5 aromatic heterocycles. The van der Waals surface area contributed by atoms with E-state index in [1.165, 1.54) is 73.4 Å². The van der Waals surface area contributed by atoms with Crippen molar-refractivity contribution < 1.29 is 55.3 Å². The molecule has 533 valence electrons. The predicted molar refractivity (Wildman–Crippen MR) is 412 cm³/mol. The molecule has 3 radical (unpaired) electrons. The van der Waals surface area contributed by atoms with Crippen LogP contribution in [0.25, 0.3) is 30.6 Å². The number of aryl methyl sites for hydroxylation is 2. The minimum Gasteiger partial charge on any atom is -1.00 e. The molecule has 0 aliphatic carbocycles. The summed E-state index contributed by atoms with van der Waals surface area (Å²) in [6.45, 7) is 39.1. The molecular formula is C76H107BN14NaO5S3. The number of carboxylic acid groups (broad SMARTS) is 1. The molecule has 0 bridgehead atoms. The molecule has 100 heavy (non-hydrogen) atoms. The van der Waals surface area contributed by atoms with Crippen molar-refractivity contribution in [2.75, 3.05) is 56.1 Å². The van der Waals surface area contributed by atoms with Crippen LogP contribution in [-0.2, 0) is 58.1 Å². The maximum absolute atomic E-state index is 13.4. The third-order valence-electron chi connectivity index (χ3n) is 19.0. The third-order valence-corrected chi connectivity index (χ3v) is 22.0. The molecule has 8 aromatic rings. The van der Waals surface area contributed by atoms with Gasteiger partial charge in [-0.05, 0) is 213 Å². The Morgan fingerprint density at radius 1 is 0.640 bits per heavy atom. The molecule has 0 spiro atoms. The number of aromatic nitrogens is 5. The monoisotopic (exact) mass is 1430 g/mol. The second kappa shape index (κ2) is 39.5. The Hall–Kier alpha value is -6.12. The van der Waals surface area contributed by atoms with Gasteiger partial charge >= 0.3 is 47.3 Å². The van der Waals surface area contributed by atoms with E-state index >= 15 is 0 Å². The first-order chi connectivity index (χ1) is 46.9. The van der Waals surface area contributed by atoms with Crippen LogP contribution in [0, 0.1) is 17.8 Å². The van der Waals surface area contributed by atoms with Crippen molar-refractivity contribution in [2.24, 2.45) is 22.7 Å². The minimum absolute atomic E-state index is 0. The van der Waals surface area contributed by atoms with Gasteiger partial charge in [-0.1, -0.05) is 79.7 Å². The summed E-state index contributed by atoms with van der Waals surface area (Å²) in [4.78, 5) is 84.2. The third kappa shape index (κ3) is 22.9. The van der Waals surface area contributed by atoms with E-state index in [0.717, 1.165) is 121 Å². The molecule has 2 fully saturated rings. The van der Waals surface area contributed by atoms with Gasteiger partial charge in [0.25, 0.3) is 0 Å². The number of pyridine rings is 2. The zero-order chi connectivity index (χ0) is 70.9. The number of benzene rings is 3. The average Bonchev–Trinajstić information content (AvgIpc) is 1.77. The molecule has 24 heteroatoms. The van der Waals surface area contributed by atoms with Crippen LogP contribution < -0.4 is 51.7 Å². The number of aliphatic imine (C=N–C) groups is 1. The normalized spacial score (nSPS) is 17.7. The summed E-state index contributed by atoms with van der Waals surface area (Å²) in [6.07, 6.45) is 10.9. The van der Waals surface area contributed by atoms with Crippen LogP contribution in [0.4, 0.5) is 17.3 Å². The number of carbonyl (C=O) groups is 4. The van der Waals surface area contributed by atoms with Crippen LogP contribution in [0.15, 0.2) is 84.1 Å². The molecular weight excluding hydrogens is 1320 g/mol. The van der Waals surface area contributed by atoms with Gasteiger partial charge in [-0.15, -0.1) is 34.0 Å². The summed E-state index contributed by atoms with van der Waals surface area (Å²) < 4.78 is 3.74. The fraction of sp³-hybridized carbons (Fsp3) is 0.526. The van der Waals surface area contributed by atoms with Crippen LogP contribution in [0.5, 0.6) is 0 Å². The van der Waals surface area contributed by atoms with E-state index in [9.17, 15) is 19.2 Å². The first-order valence-corrected chi connectivity index (χ1v) is 37.8. The molecule has 2 amide bonds.